The Morgan fingerprint density at radius 2 is 2.04 bits per heavy atom. The average molecular weight is 407 g/mol. The van der Waals surface area contributed by atoms with Gasteiger partial charge in [0.05, 0.1) is 6.20 Å². The lowest BCUT2D eigenvalue weighted by Crippen LogP contribution is -2.24. The molecule has 0 saturated carbocycles. The summed E-state index contributed by atoms with van der Waals surface area (Å²) in [5, 5.41) is 17.9. The number of hydrogen-bond acceptors (Lipinski definition) is 4. The molecule has 0 aliphatic carbocycles. The molecule has 1 atom stereocenters. The highest BCUT2D eigenvalue weighted by molar-refractivity contribution is 6.31. The summed E-state index contributed by atoms with van der Waals surface area (Å²) in [7, 11) is 0. The molecular weight excluding hydrogens is 387 g/mol. The zero-order chi connectivity index (χ0) is 19.7. The molecule has 0 bridgehead atoms. The lowest BCUT2D eigenvalue weighted by Gasteiger charge is -2.22. The molecule has 142 valence electrons. The van der Waals surface area contributed by atoms with E-state index < -0.39 is 5.97 Å². The molecule has 3 aromatic rings. The van der Waals surface area contributed by atoms with E-state index in [1.807, 2.05) is 18.2 Å². The van der Waals surface area contributed by atoms with E-state index >= 15 is 0 Å². The van der Waals surface area contributed by atoms with Crippen LogP contribution in [0.3, 0.4) is 0 Å². The number of rotatable bonds is 6. The predicted molar refractivity (Wildman–Crippen MR) is 107 cm³/mol. The topological polar surface area (TPSA) is 79.5 Å². The molecule has 0 fully saturated rings. The van der Waals surface area contributed by atoms with E-state index in [-0.39, 0.29) is 22.4 Å². The van der Waals surface area contributed by atoms with E-state index in [0.717, 1.165) is 11.1 Å². The molecule has 0 aliphatic rings. The van der Waals surface area contributed by atoms with Crippen LogP contribution in [-0.4, -0.2) is 31.7 Å². The van der Waals surface area contributed by atoms with Gasteiger partial charge in [0.1, 0.15) is 16.5 Å². The number of aromatic carboxylic acids is 1. The van der Waals surface area contributed by atoms with Crippen molar-refractivity contribution in [2.24, 2.45) is 5.92 Å². The highest BCUT2D eigenvalue weighted by Crippen LogP contribution is 2.30. The van der Waals surface area contributed by atoms with Crippen LogP contribution in [0.25, 0.3) is 5.65 Å². The minimum absolute atomic E-state index is 0.00598. The van der Waals surface area contributed by atoms with E-state index in [0.29, 0.717) is 23.2 Å². The number of aromatic nitrogens is 3. The van der Waals surface area contributed by atoms with Gasteiger partial charge in [0.25, 0.3) is 0 Å². The minimum Gasteiger partial charge on any atom is -0.477 e. The largest absolute Gasteiger partial charge is 0.477 e. The molecule has 1 aromatic carbocycles. The standard InChI is InChI=1S/C19H20Cl2N4O2/c1-10(2)11(3)23-17-14(8-12-5-4-6-13(20)7-12)16(21)24-18-15(19(26)27)9-22-25(17)18/h4-7,9-11,23H,8H2,1-3H3,(H,26,27). The summed E-state index contributed by atoms with van der Waals surface area (Å²) in [5.41, 5.74) is 1.92. The lowest BCUT2D eigenvalue weighted by atomic mass is 10.0. The van der Waals surface area contributed by atoms with Gasteiger partial charge in [-0.05, 0) is 30.5 Å². The molecule has 6 nitrogen and oxygen atoms in total. The van der Waals surface area contributed by atoms with Crippen LogP contribution in [0.2, 0.25) is 10.2 Å². The van der Waals surface area contributed by atoms with E-state index in [4.69, 9.17) is 23.2 Å². The van der Waals surface area contributed by atoms with Gasteiger partial charge in [-0.25, -0.2) is 9.78 Å². The molecular formula is C19H20Cl2N4O2. The Morgan fingerprint density at radius 3 is 2.67 bits per heavy atom. The zero-order valence-electron chi connectivity index (χ0n) is 15.2. The first-order valence-electron chi connectivity index (χ1n) is 8.58. The van der Waals surface area contributed by atoms with Gasteiger partial charge in [-0.3, -0.25) is 0 Å². The first-order valence-corrected chi connectivity index (χ1v) is 9.34. The van der Waals surface area contributed by atoms with E-state index in [9.17, 15) is 9.90 Å². The first kappa shape index (κ1) is 19.5. The summed E-state index contributed by atoms with van der Waals surface area (Å²) in [6.45, 7) is 6.25. The summed E-state index contributed by atoms with van der Waals surface area (Å²) in [6.07, 6.45) is 1.77. The number of halogens is 2. The quantitative estimate of drug-likeness (QED) is 0.575. The number of anilines is 1. The molecule has 1 unspecified atom stereocenters. The van der Waals surface area contributed by atoms with E-state index in [2.05, 4.69) is 36.2 Å². The van der Waals surface area contributed by atoms with Crippen LogP contribution in [0.15, 0.2) is 30.5 Å². The number of carbonyl (C=O) groups is 1. The van der Waals surface area contributed by atoms with Gasteiger partial charge in [-0.15, -0.1) is 0 Å². The van der Waals surface area contributed by atoms with Crippen molar-refractivity contribution in [2.45, 2.75) is 33.2 Å². The van der Waals surface area contributed by atoms with E-state index in [1.165, 1.54) is 10.7 Å². The van der Waals surface area contributed by atoms with Crippen LogP contribution >= 0.6 is 23.2 Å². The van der Waals surface area contributed by atoms with Gasteiger partial charge in [0.2, 0.25) is 0 Å². The normalized spacial score (nSPS) is 12.5. The van der Waals surface area contributed by atoms with Gasteiger partial charge in [0, 0.05) is 23.0 Å². The van der Waals surface area contributed by atoms with Crippen LogP contribution in [0.1, 0.15) is 42.3 Å². The highest BCUT2D eigenvalue weighted by Gasteiger charge is 2.22. The van der Waals surface area contributed by atoms with Crippen LogP contribution in [0.5, 0.6) is 0 Å². The van der Waals surface area contributed by atoms with Gasteiger partial charge in [0.15, 0.2) is 5.65 Å². The Morgan fingerprint density at radius 1 is 1.30 bits per heavy atom. The molecule has 2 heterocycles. The number of carboxylic acids is 1. The third kappa shape index (κ3) is 4.01. The zero-order valence-corrected chi connectivity index (χ0v) is 16.7. The number of hydrogen-bond donors (Lipinski definition) is 2. The fourth-order valence-electron chi connectivity index (χ4n) is 2.69. The smallest absolute Gasteiger partial charge is 0.341 e. The number of nitrogens with zero attached hydrogens (tertiary/aromatic N) is 3. The number of nitrogens with one attached hydrogen (secondary N) is 1. The Labute approximate surface area is 167 Å². The van der Waals surface area contributed by atoms with Crippen molar-refractivity contribution >= 4 is 40.6 Å². The van der Waals surface area contributed by atoms with Crippen molar-refractivity contribution in [1.29, 1.82) is 0 Å². The fraction of sp³-hybridized carbons (Fsp3) is 0.316. The average Bonchev–Trinajstić information content (AvgIpc) is 3.01. The van der Waals surface area contributed by atoms with Gasteiger partial charge in [-0.2, -0.15) is 9.61 Å². The molecule has 0 aliphatic heterocycles. The van der Waals surface area contributed by atoms with Crippen molar-refractivity contribution in [3.8, 4) is 0 Å². The van der Waals surface area contributed by atoms with Crippen molar-refractivity contribution in [1.82, 2.24) is 14.6 Å². The van der Waals surface area contributed by atoms with Crippen molar-refractivity contribution in [3.63, 3.8) is 0 Å². The summed E-state index contributed by atoms with van der Waals surface area (Å²) in [5.74, 6) is -0.113. The molecule has 0 spiro atoms. The molecule has 8 heteroatoms. The van der Waals surface area contributed by atoms with Crippen molar-refractivity contribution < 1.29 is 9.90 Å². The molecule has 0 amide bonds. The lowest BCUT2D eigenvalue weighted by molar-refractivity contribution is 0.0699. The van der Waals surface area contributed by atoms with Gasteiger partial charge < -0.3 is 10.4 Å². The first-order chi connectivity index (χ1) is 12.8. The second-order valence-corrected chi connectivity index (χ2v) is 7.61. The maximum Gasteiger partial charge on any atom is 0.341 e. The third-order valence-corrected chi connectivity index (χ3v) is 5.11. The van der Waals surface area contributed by atoms with Gasteiger partial charge >= 0.3 is 5.97 Å². The maximum atomic E-state index is 11.5. The van der Waals surface area contributed by atoms with Gasteiger partial charge in [-0.1, -0.05) is 49.2 Å². The molecule has 2 aromatic heterocycles. The number of carboxylic acid groups (broad SMARTS) is 1. The van der Waals surface area contributed by atoms with Crippen LogP contribution in [-0.2, 0) is 6.42 Å². The maximum absolute atomic E-state index is 11.5. The van der Waals surface area contributed by atoms with Crippen LogP contribution in [0.4, 0.5) is 5.82 Å². The summed E-state index contributed by atoms with van der Waals surface area (Å²) in [4.78, 5) is 15.8. The van der Waals surface area contributed by atoms with Crippen LogP contribution in [0, 0.1) is 5.92 Å². The minimum atomic E-state index is -1.10. The number of fused-ring (bicyclic) bond motifs is 1. The predicted octanol–water partition coefficient (Wildman–Crippen LogP) is 4.78. The van der Waals surface area contributed by atoms with Crippen LogP contribution < -0.4 is 5.32 Å². The molecule has 2 N–H and O–H groups in total. The second kappa shape index (κ2) is 7.74. The Hall–Kier alpha value is -2.31. The fourth-order valence-corrected chi connectivity index (χ4v) is 3.14. The molecule has 0 radical (unpaired) electrons. The Bertz CT molecular complexity index is 1000. The summed E-state index contributed by atoms with van der Waals surface area (Å²) < 4.78 is 1.51. The monoisotopic (exact) mass is 406 g/mol. The Balaban J connectivity index is 2.18. The molecule has 27 heavy (non-hydrogen) atoms. The highest BCUT2D eigenvalue weighted by atomic mass is 35.5. The second-order valence-electron chi connectivity index (χ2n) is 6.81. The SMILES string of the molecule is CC(C)C(C)Nc1c(Cc2cccc(Cl)c2)c(Cl)nc2c(C(=O)O)cnn12. The third-order valence-electron chi connectivity index (χ3n) is 4.56. The van der Waals surface area contributed by atoms with Crippen molar-refractivity contribution in [3.05, 3.63) is 57.3 Å². The number of benzene rings is 1. The summed E-state index contributed by atoms with van der Waals surface area (Å²) >= 11 is 12.6. The summed E-state index contributed by atoms with van der Waals surface area (Å²) in [6, 6.07) is 7.61. The Kier molecular flexibility index (Phi) is 5.58. The molecule has 3 rings (SSSR count). The molecule has 0 saturated heterocycles. The van der Waals surface area contributed by atoms with Crippen molar-refractivity contribution in [2.75, 3.05) is 5.32 Å². The van der Waals surface area contributed by atoms with E-state index in [1.54, 1.807) is 6.07 Å².